The molecule has 2 aromatic carbocycles. The highest BCUT2D eigenvalue weighted by molar-refractivity contribution is 6.31. The first-order valence-electron chi connectivity index (χ1n) is 8.80. The Morgan fingerprint density at radius 3 is 2.38 bits per heavy atom. The standard InChI is InChI=1S/C21H26ClNO3/c1-5-20(26-18-11-14(2)10-15(3)12-18)21(24)23-8-9-25-17-7-6-16(4)19(22)13-17/h6-7,10-13,20H,5,8-9H2,1-4H3,(H,23,24)/t20-/m0/s1. The topological polar surface area (TPSA) is 47.6 Å². The Balaban J connectivity index is 1.82. The van der Waals surface area contributed by atoms with Gasteiger partial charge in [0, 0.05) is 5.02 Å². The maximum atomic E-state index is 12.3. The quantitative estimate of drug-likeness (QED) is 0.685. The van der Waals surface area contributed by atoms with Gasteiger partial charge in [0.05, 0.1) is 6.54 Å². The molecule has 0 saturated heterocycles. The fraction of sp³-hybridized carbons (Fsp3) is 0.381. The fourth-order valence-corrected chi connectivity index (χ4v) is 2.78. The minimum Gasteiger partial charge on any atom is -0.492 e. The van der Waals surface area contributed by atoms with Gasteiger partial charge in [-0.05, 0) is 68.1 Å². The van der Waals surface area contributed by atoms with Crippen molar-refractivity contribution in [3.63, 3.8) is 0 Å². The van der Waals surface area contributed by atoms with Gasteiger partial charge in [0.15, 0.2) is 6.10 Å². The number of hydrogen-bond donors (Lipinski definition) is 1. The molecule has 0 spiro atoms. The lowest BCUT2D eigenvalue weighted by Crippen LogP contribution is -2.39. The summed E-state index contributed by atoms with van der Waals surface area (Å²) in [5.41, 5.74) is 3.22. The van der Waals surface area contributed by atoms with Crippen molar-refractivity contribution >= 4 is 17.5 Å². The average Bonchev–Trinajstić information content (AvgIpc) is 2.58. The number of rotatable bonds is 8. The first-order valence-corrected chi connectivity index (χ1v) is 9.18. The van der Waals surface area contributed by atoms with Crippen LogP contribution in [0.15, 0.2) is 36.4 Å². The highest BCUT2D eigenvalue weighted by Gasteiger charge is 2.18. The first kappa shape index (κ1) is 20.1. The predicted molar refractivity (Wildman–Crippen MR) is 105 cm³/mol. The first-order chi connectivity index (χ1) is 12.4. The summed E-state index contributed by atoms with van der Waals surface area (Å²) in [7, 11) is 0. The molecule has 1 amide bonds. The number of carbonyl (C=O) groups is 1. The highest BCUT2D eigenvalue weighted by Crippen LogP contribution is 2.21. The van der Waals surface area contributed by atoms with Gasteiger partial charge in [0.2, 0.25) is 0 Å². The van der Waals surface area contributed by atoms with E-state index in [9.17, 15) is 4.79 Å². The van der Waals surface area contributed by atoms with Crippen LogP contribution in [0.4, 0.5) is 0 Å². The molecule has 0 fully saturated rings. The van der Waals surface area contributed by atoms with Crippen molar-refractivity contribution in [2.75, 3.05) is 13.2 Å². The van der Waals surface area contributed by atoms with E-state index in [0.717, 1.165) is 22.4 Å². The fourth-order valence-electron chi connectivity index (χ4n) is 2.61. The van der Waals surface area contributed by atoms with E-state index in [1.54, 1.807) is 6.07 Å². The zero-order valence-electron chi connectivity index (χ0n) is 15.8. The monoisotopic (exact) mass is 375 g/mol. The van der Waals surface area contributed by atoms with Crippen LogP contribution in [0.25, 0.3) is 0 Å². The molecule has 140 valence electrons. The van der Waals surface area contributed by atoms with Crippen molar-refractivity contribution in [3.05, 3.63) is 58.1 Å². The smallest absolute Gasteiger partial charge is 0.261 e. The Morgan fingerprint density at radius 1 is 1.08 bits per heavy atom. The number of halogens is 1. The molecule has 0 aromatic heterocycles. The van der Waals surface area contributed by atoms with Gasteiger partial charge in [-0.25, -0.2) is 0 Å². The molecule has 5 heteroatoms. The molecule has 0 aliphatic rings. The van der Waals surface area contributed by atoms with Crippen LogP contribution in [0, 0.1) is 20.8 Å². The van der Waals surface area contributed by atoms with Crippen LogP contribution in [-0.4, -0.2) is 25.2 Å². The summed E-state index contributed by atoms with van der Waals surface area (Å²) in [4.78, 5) is 12.3. The van der Waals surface area contributed by atoms with Crippen molar-refractivity contribution in [2.24, 2.45) is 0 Å². The molecule has 0 bridgehead atoms. The van der Waals surface area contributed by atoms with Gasteiger partial charge < -0.3 is 14.8 Å². The Bertz CT molecular complexity index is 741. The molecular weight excluding hydrogens is 350 g/mol. The lowest BCUT2D eigenvalue weighted by atomic mass is 10.1. The van der Waals surface area contributed by atoms with Gasteiger partial charge in [-0.15, -0.1) is 0 Å². The maximum Gasteiger partial charge on any atom is 0.261 e. The van der Waals surface area contributed by atoms with E-state index >= 15 is 0 Å². The molecule has 0 aliphatic heterocycles. The van der Waals surface area contributed by atoms with E-state index < -0.39 is 6.10 Å². The third kappa shape index (κ3) is 5.95. The minimum atomic E-state index is -0.523. The molecule has 4 nitrogen and oxygen atoms in total. The Morgan fingerprint density at radius 2 is 1.77 bits per heavy atom. The van der Waals surface area contributed by atoms with E-state index in [4.69, 9.17) is 21.1 Å². The molecule has 0 saturated carbocycles. The third-order valence-electron chi connectivity index (χ3n) is 3.95. The second kappa shape index (κ2) is 9.48. The van der Waals surface area contributed by atoms with Crippen LogP contribution in [0.2, 0.25) is 5.02 Å². The zero-order valence-corrected chi connectivity index (χ0v) is 16.5. The van der Waals surface area contributed by atoms with Crippen LogP contribution in [-0.2, 0) is 4.79 Å². The average molecular weight is 376 g/mol. The lowest BCUT2D eigenvalue weighted by molar-refractivity contribution is -0.128. The van der Waals surface area contributed by atoms with Gasteiger partial charge in [0.25, 0.3) is 5.91 Å². The number of amides is 1. The van der Waals surface area contributed by atoms with Crippen LogP contribution in [0.5, 0.6) is 11.5 Å². The van der Waals surface area contributed by atoms with Gasteiger partial charge >= 0.3 is 0 Å². The summed E-state index contributed by atoms with van der Waals surface area (Å²) in [5, 5.41) is 3.52. The molecule has 2 aromatic rings. The Hall–Kier alpha value is -2.20. The number of aryl methyl sites for hydroxylation is 3. The Kier molecular flexibility index (Phi) is 7.34. The second-order valence-electron chi connectivity index (χ2n) is 6.39. The van der Waals surface area contributed by atoms with Crippen LogP contribution in [0.1, 0.15) is 30.0 Å². The molecular formula is C21H26ClNO3. The van der Waals surface area contributed by atoms with Crippen molar-refractivity contribution in [2.45, 2.75) is 40.2 Å². The third-order valence-corrected chi connectivity index (χ3v) is 4.36. The number of ether oxygens (including phenoxy) is 2. The van der Waals surface area contributed by atoms with E-state index in [1.165, 1.54) is 0 Å². The summed E-state index contributed by atoms with van der Waals surface area (Å²) in [6, 6.07) is 11.5. The summed E-state index contributed by atoms with van der Waals surface area (Å²) >= 11 is 6.07. The van der Waals surface area contributed by atoms with Crippen LogP contribution in [0.3, 0.4) is 0 Å². The van der Waals surface area contributed by atoms with Crippen molar-refractivity contribution < 1.29 is 14.3 Å². The molecule has 0 radical (unpaired) electrons. The molecule has 1 atom stereocenters. The summed E-state index contributed by atoms with van der Waals surface area (Å²) in [6.45, 7) is 8.65. The largest absolute Gasteiger partial charge is 0.492 e. The number of nitrogens with one attached hydrogen (secondary N) is 1. The van der Waals surface area contributed by atoms with Gasteiger partial charge in [-0.1, -0.05) is 30.7 Å². The maximum absolute atomic E-state index is 12.3. The van der Waals surface area contributed by atoms with Crippen molar-refractivity contribution in [3.8, 4) is 11.5 Å². The van der Waals surface area contributed by atoms with Crippen molar-refractivity contribution in [1.29, 1.82) is 0 Å². The van der Waals surface area contributed by atoms with E-state index in [1.807, 2.05) is 52.0 Å². The predicted octanol–water partition coefficient (Wildman–Crippen LogP) is 4.62. The van der Waals surface area contributed by atoms with Gasteiger partial charge in [-0.2, -0.15) is 0 Å². The van der Waals surface area contributed by atoms with Crippen LogP contribution < -0.4 is 14.8 Å². The number of hydrogen-bond acceptors (Lipinski definition) is 3. The molecule has 0 heterocycles. The van der Waals surface area contributed by atoms with E-state index in [-0.39, 0.29) is 5.91 Å². The summed E-state index contributed by atoms with van der Waals surface area (Å²) < 4.78 is 11.5. The van der Waals surface area contributed by atoms with Gasteiger partial charge in [-0.3, -0.25) is 4.79 Å². The number of benzene rings is 2. The molecule has 2 rings (SSSR count). The highest BCUT2D eigenvalue weighted by atomic mass is 35.5. The second-order valence-corrected chi connectivity index (χ2v) is 6.80. The van der Waals surface area contributed by atoms with Crippen LogP contribution >= 0.6 is 11.6 Å². The minimum absolute atomic E-state index is 0.141. The Labute approximate surface area is 160 Å². The lowest BCUT2D eigenvalue weighted by Gasteiger charge is -2.18. The molecule has 0 unspecified atom stereocenters. The van der Waals surface area contributed by atoms with Gasteiger partial charge in [0.1, 0.15) is 18.1 Å². The zero-order chi connectivity index (χ0) is 19.1. The number of carbonyl (C=O) groups excluding carboxylic acids is 1. The summed E-state index contributed by atoms with van der Waals surface area (Å²) in [5.74, 6) is 1.26. The molecule has 0 aliphatic carbocycles. The summed E-state index contributed by atoms with van der Waals surface area (Å²) in [6.07, 6.45) is 0.0674. The molecule has 1 N–H and O–H groups in total. The SMILES string of the molecule is CC[C@H](Oc1cc(C)cc(C)c1)C(=O)NCCOc1ccc(C)c(Cl)c1. The molecule has 26 heavy (non-hydrogen) atoms. The van der Waals surface area contributed by atoms with E-state index in [2.05, 4.69) is 11.4 Å². The van der Waals surface area contributed by atoms with Crippen molar-refractivity contribution in [1.82, 2.24) is 5.32 Å². The normalized spacial score (nSPS) is 11.7. The van der Waals surface area contributed by atoms with E-state index in [0.29, 0.717) is 30.3 Å².